The Kier molecular flexibility index (Phi) is 1.76. The molecule has 68 valence electrons. The van der Waals surface area contributed by atoms with Crippen LogP contribution in [0.4, 0.5) is 0 Å². The Morgan fingerprint density at radius 3 is 2.77 bits per heavy atom. The zero-order valence-electron chi connectivity index (χ0n) is 8.02. The number of fused-ring (bicyclic) bond motifs is 1. The van der Waals surface area contributed by atoms with E-state index in [9.17, 15) is 0 Å². The minimum absolute atomic E-state index is 0.339. The van der Waals surface area contributed by atoms with Crippen molar-refractivity contribution in [3.63, 3.8) is 0 Å². The van der Waals surface area contributed by atoms with Gasteiger partial charge in [0, 0.05) is 12.2 Å². The van der Waals surface area contributed by atoms with E-state index in [1.165, 1.54) is 0 Å². The highest BCUT2D eigenvalue weighted by Gasteiger charge is 2.08. The quantitative estimate of drug-likeness (QED) is 0.664. The lowest BCUT2D eigenvalue weighted by molar-refractivity contribution is 0.529. The van der Waals surface area contributed by atoms with Crippen LogP contribution in [-0.4, -0.2) is 20.0 Å². The van der Waals surface area contributed by atoms with Crippen molar-refractivity contribution >= 4 is 11.0 Å². The Bertz CT molecular complexity index is 430. The van der Waals surface area contributed by atoms with E-state index in [-0.39, 0.29) is 0 Å². The maximum absolute atomic E-state index is 4.08. The van der Waals surface area contributed by atoms with Gasteiger partial charge in [0.25, 0.3) is 0 Å². The van der Waals surface area contributed by atoms with E-state index < -0.39 is 0 Å². The molecule has 2 aromatic rings. The second-order valence-corrected chi connectivity index (χ2v) is 3.45. The van der Waals surface area contributed by atoms with Crippen molar-refractivity contribution in [2.45, 2.75) is 26.8 Å². The maximum atomic E-state index is 4.08. The Morgan fingerprint density at radius 1 is 1.31 bits per heavy atom. The van der Waals surface area contributed by atoms with Crippen molar-refractivity contribution in [1.82, 2.24) is 20.0 Å². The van der Waals surface area contributed by atoms with Crippen LogP contribution >= 0.6 is 0 Å². The molecule has 0 N–H and O–H groups in total. The van der Waals surface area contributed by atoms with E-state index in [0.29, 0.717) is 6.04 Å². The Balaban J connectivity index is 2.79. The molecule has 0 amide bonds. The summed E-state index contributed by atoms with van der Waals surface area (Å²) in [6.45, 7) is 6.21. The van der Waals surface area contributed by atoms with Gasteiger partial charge in [-0.2, -0.15) is 0 Å². The van der Waals surface area contributed by atoms with E-state index in [1.54, 1.807) is 6.20 Å². The molecule has 0 bridgehead atoms. The molecular formula is C9H12N4. The number of pyridine rings is 1. The molecule has 0 aliphatic rings. The van der Waals surface area contributed by atoms with Gasteiger partial charge in [-0.1, -0.05) is 5.21 Å². The minimum atomic E-state index is 0.339. The Labute approximate surface area is 76.6 Å². The standard InChI is InChI=1S/C9H12N4/c1-6(2)13-9-7(3)4-10-5-8(9)11-12-13/h4-6H,1-3H3. The zero-order valence-corrected chi connectivity index (χ0v) is 8.02. The van der Waals surface area contributed by atoms with Crippen molar-refractivity contribution in [2.24, 2.45) is 0 Å². The number of hydrogen-bond acceptors (Lipinski definition) is 3. The van der Waals surface area contributed by atoms with Crippen LogP contribution in [0.1, 0.15) is 25.5 Å². The summed E-state index contributed by atoms with van der Waals surface area (Å²) in [5.74, 6) is 0. The molecule has 2 heterocycles. The Morgan fingerprint density at radius 2 is 2.08 bits per heavy atom. The van der Waals surface area contributed by atoms with Crippen LogP contribution in [0.25, 0.3) is 11.0 Å². The second kappa shape index (κ2) is 2.80. The summed E-state index contributed by atoms with van der Waals surface area (Å²) in [7, 11) is 0. The molecule has 0 aromatic carbocycles. The van der Waals surface area contributed by atoms with Gasteiger partial charge in [0.1, 0.15) is 5.52 Å². The minimum Gasteiger partial charge on any atom is -0.262 e. The molecule has 0 saturated heterocycles. The molecule has 0 fully saturated rings. The van der Waals surface area contributed by atoms with Crippen LogP contribution in [0.15, 0.2) is 12.4 Å². The molecule has 2 aromatic heterocycles. The molecule has 0 saturated carbocycles. The molecular weight excluding hydrogens is 164 g/mol. The van der Waals surface area contributed by atoms with Crippen LogP contribution in [0.3, 0.4) is 0 Å². The van der Waals surface area contributed by atoms with E-state index in [2.05, 4.69) is 29.1 Å². The van der Waals surface area contributed by atoms with E-state index in [0.717, 1.165) is 16.6 Å². The van der Waals surface area contributed by atoms with Gasteiger partial charge < -0.3 is 0 Å². The molecule has 0 radical (unpaired) electrons. The van der Waals surface area contributed by atoms with E-state index in [4.69, 9.17) is 0 Å². The summed E-state index contributed by atoms with van der Waals surface area (Å²) < 4.78 is 1.92. The van der Waals surface area contributed by atoms with Gasteiger partial charge in [-0.3, -0.25) is 4.98 Å². The first-order chi connectivity index (χ1) is 6.20. The van der Waals surface area contributed by atoms with Gasteiger partial charge in [0.2, 0.25) is 0 Å². The molecule has 4 nitrogen and oxygen atoms in total. The summed E-state index contributed by atoms with van der Waals surface area (Å²) in [6.07, 6.45) is 3.58. The maximum Gasteiger partial charge on any atom is 0.131 e. The van der Waals surface area contributed by atoms with Gasteiger partial charge in [0.15, 0.2) is 0 Å². The first-order valence-electron chi connectivity index (χ1n) is 4.35. The van der Waals surface area contributed by atoms with E-state index in [1.807, 2.05) is 17.8 Å². The number of nitrogens with zero attached hydrogens (tertiary/aromatic N) is 4. The van der Waals surface area contributed by atoms with Crippen molar-refractivity contribution in [1.29, 1.82) is 0 Å². The third-order valence-electron chi connectivity index (χ3n) is 2.05. The Hall–Kier alpha value is -1.45. The van der Waals surface area contributed by atoms with Crippen molar-refractivity contribution in [2.75, 3.05) is 0 Å². The van der Waals surface area contributed by atoms with Crippen molar-refractivity contribution in [3.8, 4) is 0 Å². The molecule has 13 heavy (non-hydrogen) atoms. The van der Waals surface area contributed by atoms with Crippen LogP contribution in [0, 0.1) is 6.92 Å². The normalized spacial score (nSPS) is 11.4. The number of hydrogen-bond donors (Lipinski definition) is 0. The number of aromatic nitrogens is 4. The summed E-state index contributed by atoms with van der Waals surface area (Å²) in [6, 6.07) is 0.339. The first kappa shape index (κ1) is 8.16. The molecule has 0 unspecified atom stereocenters. The van der Waals surface area contributed by atoms with Gasteiger partial charge in [-0.05, 0) is 26.3 Å². The number of aryl methyl sites for hydroxylation is 1. The topological polar surface area (TPSA) is 43.6 Å². The molecule has 4 heteroatoms. The fraction of sp³-hybridized carbons (Fsp3) is 0.444. The lowest BCUT2D eigenvalue weighted by atomic mass is 10.2. The van der Waals surface area contributed by atoms with Gasteiger partial charge in [-0.15, -0.1) is 5.10 Å². The van der Waals surface area contributed by atoms with Gasteiger partial charge >= 0.3 is 0 Å². The van der Waals surface area contributed by atoms with E-state index >= 15 is 0 Å². The predicted octanol–water partition coefficient (Wildman–Crippen LogP) is 1.72. The van der Waals surface area contributed by atoms with Gasteiger partial charge in [0.05, 0.1) is 11.7 Å². The SMILES string of the molecule is Cc1cncc2nnn(C(C)C)c12. The molecule has 2 rings (SSSR count). The average Bonchev–Trinajstić information content (AvgIpc) is 2.49. The third kappa shape index (κ3) is 1.18. The zero-order chi connectivity index (χ0) is 9.42. The lowest BCUT2D eigenvalue weighted by Crippen LogP contribution is -2.03. The monoisotopic (exact) mass is 176 g/mol. The fourth-order valence-electron chi connectivity index (χ4n) is 1.42. The third-order valence-corrected chi connectivity index (χ3v) is 2.05. The number of rotatable bonds is 1. The van der Waals surface area contributed by atoms with Gasteiger partial charge in [-0.25, -0.2) is 4.68 Å². The van der Waals surface area contributed by atoms with Crippen LogP contribution in [0.5, 0.6) is 0 Å². The average molecular weight is 176 g/mol. The summed E-state index contributed by atoms with van der Waals surface area (Å²) in [4.78, 5) is 4.07. The summed E-state index contributed by atoms with van der Waals surface area (Å²) in [5.41, 5.74) is 3.08. The lowest BCUT2D eigenvalue weighted by Gasteiger charge is -2.06. The van der Waals surface area contributed by atoms with Crippen molar-refractivity contribution in [3.05, 3.63) is 18.0 Å². The summed E-state index contributed by atoms with van der Waals surface area (Å²) in [5, 5.41) is 8.13. The second-order valence-electron chi connectivity index (χ2n) is 3.45. The van der Waals surface area contributed by atoms with Crippen LogP contribution in [-0.2, 0) is 0 Å². The predicted molar refractivity (Wildman–Crippen MR) is 50.4 cm³/mol. The summed E-state index contributed by atoms with van der Waals surface area (Å²) >= 11 is 0. The highest BCUT2D eigenvalue weighted by molar-refractivity contribution is 5.76. The molecule has 0 atom stereocenters. The molecule has 0 aliphatic carbocycles. The smallest absolute Gasteiger partial charge is 0.131 e. The van der Waals surface area contributed by atoms with Crippen molar-refractivity contribution < 1.29 is 0 Å². The first-order valence-corrected chi connectivity index (χ1v) is 4.35. The van der Waals surface area contributed by atoms with Crippen LogP contribution < -0.4 is 0 Å². The van der Waals surface area contributed by atoms with Crippen LogP contribution in [0.2, 0.25) is 0 Å². The highest BCUT2D eigenvalue weighted by Crippen LogP contribution is 2.17. The highest BCUT2D eigenvalue weighted by atomic mass is 15.4. The molecule has 0 spiro atoms. The molecule has 0 aliphatic heterocycles. The fourth-order valence-corrected chi connectivity index (χ4v) is 1.42. The largest absolute Gasteiger partial charge is 0.262 e.